The minimum atomic E-state index is 0.598. The Balaban J connectivity index is 2.53. The number of methoxy groups -OCH3 is 1. The first-order chi connectivity index (χ1) is 9.72. The summed E-state index contributed by atoms with van der Waals surface area (Å²) in [4.78, 5) is 0. The first-order valence-corrected chi connectivity index (χ1v) is 7.80. The molecule has 0 aliphatic heterocycles. The van der Waals surface area contributed by atoms with Crippen molar-refractivity contribution in [2.45, 2.75) is 46.1 Å². The number of ether oxygens (including phenoxy) is 2. The predicted octanol–water partition coefficient (Wildman–Crippen LogP) is 4.42. The summed E-state index contributed by atoms with van der Waals surface area (Å²) in [6.07, 6.45) is 5.09. The van der Waals surface area contributed by atoms with Gasteiger partial charge < -0.3 is 14.8 Å². The summed E-state index contributed by atoms with van der Waals surface area (Å²) in [5, 5.41) is 4.04. The predicted molar refractivity (Wildman–Crippen MR) is 85.0 cm³/mol. The summed E-state index contributed by atoms with van der Waals surface area (Å²) in [7, 11) is 1.61. The zero-order valence-electron chi connectivity index (χ0n) is 12.8. The molecule has 0 saturated carbocycles. The third-order valence-corrected chi connectivity index (χ3v) is 3.39. The van der Waals surface area contributed by atoms with E-state index in [0.717, 1.165) is 18.7 Å². The average Bonchev–Trinajstić information content (AvgIpc) is 2.43. The minimum Gasteiger partial charge on any atom is -0.491 e. The number of nitrogens with one attached hydrogen (secondary N) is 1. The van der Waals surface area contributed by atoms with Gasteiger partial charge in [-0.25, -0.2) is 0 Å². The Morgan fingerprint density at radius 2 is 1.95 bits per heavy atom. The molecule has 0 unspecified atom stereocenters. The SMILES string of the molecule is CCCCCCNCc1cc(Cl)c(OC)c(OCC)c1. The molecule has 0 radical (unpaired) electrons. The van der Waals surface area contributed by atoms with Gasteiger partial charge >= 0.3 is 0 Å². The molecule has 0 amide bonds. The van der Waals surface area contributed by atoms with Gasteiger partial charge in [0.15, 0.2) is 11.5 Å². The Morgan fingerprint density at radius 3 is 2.60 bits per heavy atom. The van der Waals surface area contributed by atoms with Crippen molar-refractivity contribution in [3.63, 3.8) is 0 Å². The summed E-state index contributed by atoms with van der Waals surface area (Å²) < 4.78 is 10.8. The molecule has 0 bridgehead atoms. The van der Waals surface area contributed by atoms with Crippen molar-refractivity contribution in [1.29, 1.82) is 0 Å². The van der Waals surface area contributed by atoms with Gasteiger partial charge in [-0.3, -0.25) is 0 Å². The van der Waals surface area contributed by atoms with Crippen LogP contribution in [0.5, 0.6) is 11.5 Å². The maximum absolute atomic E-state index is 6.22. The van der Waals surface area contributed by atoms with Crippen LogP contribution in [-0.4, -0.2) is 20.3 Å². The summed E-state index contributed by atoms with van der Waals surface area (Å²) in [5.74, 6) is 1.32. The third-order valence-electron chi connectivity index (χ3n) is 3.11. The smallest absolute Gasteiger partial charge is 0.179 e. The molecule has 0 atom stereocenters. The van der Waals surface area contributed by atoms with Crippen molar-refractivity contribution in [2.24, 2.45) is 0 Å². The van der Waals surface area contributed by atoms with Crippen molar-refractivity contribution < 1.29 is 9.47 Å². The lowest BCUT2D eigenvalue weighted by molar-refractivity contribution is 0.310. The molecule has 0 fully saturated rings. The molecule has 20 heavy (non-hydrogen) atoms. The molecule has 0 heterocycles. The Hall–Kier alpha value is -0.930. The highest BCUT2D eigenvalue weighted by Gasteiger charge is 2.11. The maximum atomic E-state index is 6.22. The number of hydrogen-bond donors (Lipinski definition) is 1. The molecule has 0 saturated heterocycles. The van der Waals surface area contributed by atoms with Gasteiger partial charge in [0, 0.05) is 6.54 Å². The molecule has 0 aliphatic carbocycles. The van der Waals surface area contributed by atoms with E-state index in [-0.39, 0.29) is 0 Å². The fourth-order valence-electron chi connectivity index (χ4n) is 2.09. The lowest BCUT2D eigenvalue weighted by atomic mass is 10.2. The highest BCUT2D eigenvalue weighted by atomic mass is 35.5. The molecule has 114 valence electrons. The maximum Gasteiger partial charge on any atom is 0.179 e. The van der Waals surface area contributed by atoms with Crippen LogP contribution < -0.4 is 14.8 Å². The molecule has 4 heteroatoms. The molecular formula is C16H26ClNO2. The normalized spacial score (nSPS) is 10.6. The Morgan fingerprint density at radius 1 is 1.15 bits per heavy atom. The van der Waals surface area contributed by atoms with Crippen molar-refractivity contribution >= 4 is 11.6 Å². The van der Waals surface area contributed by atoms with Gasteiger partial charge in [0.25, 0.3) is 0 Å². The van der Waals surface area contributed by atoms with Gasteiger partial charge in [-0.2, -0.15) is 0 Å². The van der Waals surface area contributed by atoms with Crippen LogP contribution in [0.3, 0.4) is 0 Å². The van der Waals surface area contributed by atoms with Gasteiger partial charge in [0.1, 0.15) is 0 Å². The largest absolute Gasteiger partial charge is 0.491 e. The van der Waals surface area contributed by atoms with Crippen LogP contribution in [0.2, 0.25) is 5.02 Å². The van der Waals surface area contributed by atoms with Crippen molar-refractivity contribution in [2.75, 3.05) is 20.3 Å². The Bertz CT molecular complexity index is 396. The first-order valence-electron chi connectivity index (χ1n) is 7.42. The van der Waals surface area contributed by atoms with Crippen LogP contribution in [0, 0.1) is 0 Å². The lowest BCUT2D eigenvalue weighted by Crippen LogP contribution is -2.14. The molecular weight excluding hydrogens is 274 g/mol. The van der Waals surface area contributed by atoms with E-state index in [2.05, 4.69) is 12.2 Å². The van der Waals surface area contributed by atoms with Gasteiger partial charge in [-0.1, -0.05) is 37.8 Å². The molecule has 1 rings (SSSR count). The molecule has 0 spiro atoms. The van der Waals surface area contributed by atoms with E-state index in [9.17, 15) is 0 Å². The third kappa shape index (κ3) is 5.59. The van der Waals surface area contributed by atoms with Crippen LogP contribution in [0.15, 0.2) is 12.1 Å². The average molecular weight is 300 g/mol. The second-order valence-electron chi connectivity index (χ2n) is 4.78. The van der Waals surface area contributed by atoms with E-state index in [1.165, 1.54) is 25.7 Å². The Labute approximate surface area is 127 Å². The fraction of sp³-hybridized carbons (Fsp3) is 0.625. The first kappa shape index (κ1) is 17.1. The van der Waals surface area contributed by atoms with Crippen LogP contribution in [0.1, 0.15) is 45.1 Å². The van der Waals surface area contributed by atoms with Crippen LogP contribution >= 0.6 is 11.6 Å². The van der Waals surface area contributed by atoms with Gasteiger partial charge in [-0.15, -0.1) is 0 Å². The van der Waals surface area contributed by atoms with Crippen LogP contribution in [-0.2, 0) is 6.54 Å². The number of rotatable bonds is 10. The van der Waals surface area contributed by atoms with E-state index in [1.54, 1.807) is 7.11 Å². The second kappa shape index (κ2) is 9.89. The van der Waals surface area contributed by atoms with E-state index in [4.69, 9.17) is 21.1 Å². The van der Waals surface area contributed by atoms with Crippen molar-refractivity contribution in [3.8, 4) is 11.5 Å². The lowest BCUT2D eigenvalue weighted by Gasteiger charge is -2.13. The van der Waals surface area contributed by atoms with Crippen LogP contribution in [0.25, 0.3) is 0 Å². The summed E-state index contributed by atoms with van der Waals surface area (Å²) in [5.41, 5.74) is 1.12. The number of halogens is 1. The van der Waals surface area contributed by atoms with Gasteiger partial charge in [-0.05, 0) is 37.6 Å². The molecule has 1 aromatic carbocycles. The minimum absolute atomic E-state index is 0.598. The summed E-state index contributed by atoms with van der Waals surface area (Å²) in [6, 6.07) is 3.93. The highest BCUT2D eigenvalue weighted by Crippen LogP contribution is 2.36. The number of hydrogen-bond acceptors (Lipinski definition) is 3. The molecule has 0 aromatic heterocycles. The molecule has 0 aliphatic rings. The van der Waals surface area contributed by atoms with Gasteiger partial charge in [0.2, 0.25) is 0 Å². The molecule has 3 nitrogen and oxygen atoms in total. The number of benzene rings is 1. The van der Waals surface area contributed by atoms with Crippen molar-refractivity contribution in [1.82, 2.24) is 5.32 Å². The van der Waals surface area contributed by atoms with E-state index >= 15 is 0 Å². The summed E-state index contributed by atoms with van der Waals surface area (Å²) >= 11 is 6.22. The topological polar surface area (TPSA) is 30.5 Å². The summed E-state index contributed by atoms with van der Waals surface area (Å²) in [6.45, 7) is 6.61. The van der Waals surface area contributed by atoms with E-state index in [0.29, 0.717) is 23.1 Å². The standard InChI is InChI=1S/C16H26ClNO2/c1-4-6-7-8-9-18-12-13-10-14(17)16(19-3)15(11-13)20-5-2/h10-11,18H,4-9,12H2,1-3H3. The Kier molecular flexibility index (Phi) is 8.47. The fourth-order valence-corrected chi connectivity index (χ4v) is 2.40. The quantitative estimate of drug-likeness (QED) is 0.649. The highest BCUT2D eigenvalue weighted by molar-refractivity contribution is 6.32. The zero-order chi connectivity index (χ0) is 14.8. The molecule has 1 N–H and O–H groups in total. The van der Waals surface area contributed by atoms with Gasteiger partial charge in [0.05, 0.1) is 18.7 Å². The monoisotopic (exact) mass is 299 g/mol. The zero-order valence-corrected chi connectivity index (χ0v) is 13.6. The van der Waals surface area contributed by atoms with Crippen molar-refractivity contribution in [3.05, 3.63) is 22.7 Å². The number of unbranched alkanes of at least 4 members (excludes halogenated alkanes) is 3. The molecule has 1 aromatic rings. The van der Waals surface area contributed by atoms with E-state index in [1.807, 2.05) is 19.1 Å². The van der Waals surface area contributed by atoms with Crippen LogP contribution in [0.4, 0.5) is 0 Å². The second-order valence-corrected chi connectivity index (χ2v) is 5.19. The van der Waals surface area contributed by atoms with E-state index < -0.39 is 0 Å².